The fourth-order valence-corrected chi connectivity index (χ4v) is 4.36. The van der Waals surface area contributed by atoms with Crippen LogP contribution < -0.4 is 5.56 Å². The third-order valence-electron chi connectivity index (χ3n) is 5.06. The molecule has 0 aliphatic carbocycles. The highest BCUT2D eigenvalue weighted by Gasteiger charge is 2.31. The first-order chi connectivity index (χ1) is 15.9. The summed E-state index contributed by atoms with van der Waals surface area (Å²) in [6.07, 6.45) is -2.51. The number of alkyl halides is 3. The van der Waals surface area contributed by atoms with E-state index in [9.17, 15) is 35.2 Å². The van der Waals surface area contributed by atoms with Crippen LogP contribution in [0.25, 0.3) is 27.7 Å². The minimum atomic E-state index is -4.70. The topological polar surface area (TPSA) is 81.9 Å². The van der Waals surface area contributed by atoms with Gasteiger partial charge in [0.1, 0.15) is 16.5 Å². The van der Waals surface area contributed by atoms with E-state index in [1.165, 1.54) is 6.92 Å². The molecule has 34 heavy (non-hydrogen) atoms. The Labute approximate surface area is 189 Å². The Morgan fingerprint density at radius 2 is 1.62 bits per heavy atom. The van der Waals surface area contributed by atoms with Crippen LogP contribution in [0.4, 0.5) is 22.0 Å². The molecule has 0 N–H and O–H groups in total. The van der Waals surface area contributed by atoms with Crippen molar-refractivity contribution in [1.29, 1.82) is 0 Å². The van der Waals surface area contributed by atoms with Crippen LogP contribution in [0.1, 0.15) is 12.5 Å². The molecule has 0 saturated carbocycles. The van der Waals surface area contributed by atoms with Crippen LogP contribution >= 0.6 is 0 Å². The van der Waals surface area contributed by atoms with Crippen LogP contribution in [-0.2, 0) is 16.0 Å². The van der Waals surface area contributed by atoms with Crippen LogP contribution in [0.3, 0.4) is 0 Å². The highest BCUT2D eigenvalue weighted by Crippen LogP contribution is 2.31. The number of hydrogen-bond donors (Lipinski definition) is 0. The first-order valence-corrected chi connectivity index (χ1v) is 11.3. The molecule has 2 heterocycles. The summed E-state index contributed by atoms with van der Waals surface area (Å²) < 4.78 is 92.9. The van der Waals surface area contributed by atoms with Crippen LogP contribution in [0, 0.1) is 11.6 Å². The number of sulfone groups is 1. The molecule has 4 rings (SSSR count). The van der Waals surface area contributed by atoms with Gasteiger partial charge in [0, 0.05) is 23.2 Å². The quantitative estimate of drug-likeness (QED) is 0.389. The number of nitrogens with zero attached hydrogens (tertiary/aromatic N) is 3. The van der Waals surface area contributed by atoms with Crippen LogP contribution in [0.2, 0.25) is 0 Å². The molecule has 0 saturated heterocycles. The molecule has 176 valence electrons. The molecule has 2 aromatic heterocycles. The van der Waals surface area contributed by atoms with Gasteiger partial charge in [0.05, 0.1) is 22.9 Å². The van der Waals surface area contributed by atoms with E-state index in [2.05, 4.69) is 10.1 Å². The Bertz CT molecular complexity index is 1580. The predicted molar refractivity (Wildman–Crippen MR) is 113 cm³/mol. The maximum atomic E-state index is 13.7. The van der Waals surface area contributed by atoms with Crippen molar-refractivity contribution in [2.24, 2.45) is 0 Å². The van der Waals surface area contributed by atoms with Crippen LogP contribution in [-0.4, -0.2) is 28.9 Å². The zero-order chi connectivity index (χ0) is 24.8. The standard InChI is InChI=1S/C22H14F5N3O3S/c1-2-34(32,33)19-7-14(13-5-16(23)9-17(24)6-13)10-28-20(19)30-21(31)18-8-15(22(25,26)27)4-3-12(18)11-29-30/h3-11H,2H2,1H3. The average Bonchev–Trinajstić information content (AvgIpc) is 2.77. The molecule has 0 amide bonds. The largest absolute Gasteiger partial charge is 0.416 e. The lowest BCUT2D eigenvalue weighted by Gasteiger charge is -2.13. The Balaban J connectivity index is 1.98. The summed E-state index contributed by atoms with van der Waals surface area (Å²) in [7, 11) is -4.06. The minimum Gasteiger partial charge on any atom is -0.267 e. The van der Waals surface area contributed by atoms with E-state index in [0.29, 0.717) is 16.8 Å². The predicted octanol–water partition coefficient (Wildman–Crippen LogP) is 4.54. The number of benzene rings is 2. The number of aromatic nitrogens is 3. The molecule has 0 unspecified atom stereocenters. The van der Waals surface area contributed by atoms with E-state index in [-0.39, 0.29) is 21.9 Å². The van der Waals surface area contributed by atoms with Crippen LogP contribution in [0.15, 0.2) is 64.5 Å². The Hall–Kier alpha value is -3.67. The Morgan fingerprint density at radius 1 is 0.941 bits per heavy atom. The zero-order valence-electron chi connectivity index (χ0n) is 17.3. The van der Waals surface area contributed by atoms with Crippen molar-refractivity contribution < 1.29 is 30.4 Å². The Kier molecular flexibility index (Phi) is 5.72. The molecule has 0 bridgehead atoms. The summed E-state index contributed by atoms with van der Waals surface area (Å²) in [5, 5.41) is 3.65. The van der Waals surface area contributed by atoms with Gasteiger partial charge in [0.2, 0.25) is 0 Å². The molecule has 0 spiro atoms. The van der Waals surface area contributed by atoms with E-state index in [1.54, 1.807) is 0 Å². The maximum absolute atomic E-state index is 13.7. The molecule has 12 heteroatoms. The maximum Gasteiger partial charge on any atom is 0.416 e. The second kappa shape index (κ2) is 8.28. The summed E-state index contributed by atoms with van der Waals surface area (Å²) in [6, 6.07) is 6.19. The fourth-order valence-electron chi connectivity index (χ4n) is 3.33. The molecule has 0 fully saturated rings. The number of hydrogen-bond acceptors (Lipinski definition) is 5. The van der Waals surface area contributed by atoms with Crippen molar-refractivity contribution in [1.82, 2.24) is 14.8 Å². The van der Waals surface area contributed by atoms with E-state index in [0.717, 1.165) is 42.7 Å². The monoisotopic (exact) mass is 495 g/mol. The van der Waals surface area contributed by atoms with Gasteiger partial charge in [-0.15, -0.1) is 0 Å². The molecular weight excluding hydrogens is 481 g/mol. The van der Waals surface area contributed by atoms with Gasteiger partial charge in [-0.3, -0.25) is 4.79 Å². The molecule has 2 aromatic carbocycles. The van der Waals surface area contributed by atoms with E-state index in [4.69, 9.17) is 0 Å². The zero-order valence-corrected chi connectivity index (χ0v) is 18.1. The van der Waals surface area contributed by atoms with Gasteiger partial charge in [0.25, 0.3) is 5.56 Å². The number of halogens is 5. The number of fused-ring (bicyclic) bond motifs is 1. The molecular formula is C22H14F5N3O3S. The normalized spacial score (nSPS) is 12.3. The van der Waals surface area contributed by atoms with Crippen molar-refractivity contribution in [3.63, 3.8) is 0 Å². The molecule has 4 aromatic rings. The highest BCUT2D eigenvalue weighted by atomic mass is 32.2. The molecule has 0 radical (unpaired) electrons. The molecule has 6 nitrogen and oxygen atoms in total. The highest BCUT2D eigenvalue weighted by molar-refractivity contribution is 7.91. The summed E-state index contributed by atoms with van der Waals surface area (Å²) >= 11 is 0. The molecule has 0 aliphatic heterocycles. The van der Waals surface area contributed by atoms with Crippen molar-refractivity contribution in [3.8, 4) is 16.9 Å². The lowest BCUT2D eigenvalue weighted by molar-refractivity contribution is -0.137. The van der Waals surface area contributed by atoms with Crippen molar-refractivity contribution in [2.75, 3.05) is 5.75 Å². The van der Waals surface area contributed by atoms with Crippen molar-refractivity contribution >= 4 is 20.6 Å². The summed E-state index contributed by atoms with van der Waals surface area (Å²) in [5.41, 5.74) is -2.04. The third kappa shape index (κ3) is 4.28. The summed E-state index contributed by atoms with van der Waals surface area (Å²) in [4.78, 5) is 16.5. The molecule has 0 aliphatic rings. The third-order valence-corrected chi connectivity index (χ3v) is 6.79. The summed E-state index contributed by atoms with van der Waals surface area (Å²) in [6.45, 7) is 1.33. The molecule has 0 atom stereocenters. The number of pyridine rings is 1. The smallest absolute Gasteiger partial charge is 0.267 e. The van der Waals surface area contributed by atoms with Crippen LogP contribution in [0.5, 0.6) is 0 Å². The van der Waals surface area contributed by atoms with E-state index < -0.39 is 55.2 Å². The first-order valence-electron chi connectivity index (χ1n) is 9.69. The average molecular weight is 495 g/mol. The first kappa shape index (κ1) is 23.5. The van der Waals surface area contributed by atoms with Gasteiger partial charge < -0.3 is 0 Å². The summed E-state index contributed by atoms with van der Waals surface area (Å²) in [5.74, 6) is -2.66. The van der Waals surface area contributed by atoms with Gasteiger partial charge in [-0.25, -0.2) is 22.2 Å². The van der Waals surface area contributed by atoms with E-state index in [1.807, 2.05) is 0 Å². The van der Waals surface area contributed by atoms with Gasteiger partial charge in [-0.1, -0.05) is 13.0 Å². The lowest BCUT2D eigenvalue weighted by Crippen LogP contribution is -2.25. The van der Waals surface area contributed by atoms with Gasteiger partial charge in [-0.2, -0.15) is 23.0 Å². The minimum absolute atomic E-state index is 0.00209. The number of rotatable bonds is 4. The second-order valence-corrected chi connectivity index (χ2v) is 9.52. The van der Waals surface area contributed by atoms with Gasteiger partial charge in [0.15, 0.2) is 15.7 Å². The Morgan fingerprint density at radius 3 is 2.24 bits per heavy atom. The van der Waals surface area contributed by atoms with Crippen molar-refractivity contribution in [3.05, 3.63) is 82.4 Å². The van der Waals surface area contributed by atoms with E-state index >= 15 is 0 Å². The lowest BCUT2D eigenvalue weighted by atomic mass is 10.1. The second-order valence-electron chi connectivity index (χ2n) is 7.27. The SMILES string of the molecule is CCS(=O)(=O)c1cc(-c2cc(F)cc(F)c2)cnc1-n1ncc2ccc(C(F)(F)F)cc2c1=O. The van der Waals surface area contributed by atoms with Gasteiger partial charge in [-0.05, 0) is 35.9 Å². The van der Waals surface area contributed by atoms with Gasteiger partial charge >= 0.3 is 6.18 Å². The fraction of sp³-hybridized carbons (Fsp3) is 0.136. The van der Waals surface area contributed by atoms with Crippen molar-refractivity contribution in [2.45, 2.75) is 18.0 Å².